The summed E-state index contributed by atoms with van der Waals surface area (Å²) in [5.74, 6) is 1.02. The molecule has 0 aromatic carbocycles. The molecular formula is C18H35ClO. The molecule has 0 fully saturated rings. The smallest absolute Gasteiger partial charge is 0.224 e. The van der Waals surface area contributed by atoms with Gasteiger partial charge in [-0.2, -0.15) is 0 Å². The van der Waals surface area contributed by atoms with E-state index < -0.39 is 0 Å². The monoisotopic (exact) mass is 302 g/mol. The Labute approximate surface area is 131 Å². The highest BCUT2D eigenvalue weighted by Crippen LogP contribution is 2.34. The number of hydrogen-bond acceptors (Lipinski definition) is 1. The fourth-order valence-corrected chi connectivity index (χ4v) is 3.67. The third-order valence-electron chi connectivity index (χ3n) is 3.84. The van der Waals surface area contributed by atoms with Crippen LogP contribution >= 0.6 is 11.6 Å². The molecule has 2 heteroatoms. The summed E-state index contributed by atoms with van der Waals surface area (Å²) in [4.78, 5) is 11.7. The molecule has 20 heavy (non-hydrogen) atoms. The molecule has 0 bridgehead atoms. The van der Waals surface area contributed by atoms with Gasteiger partial charge in [-0.15, -0.1) is 0 Å². The maximum absolute atomic E-state index is 11.7. The van der Waals surface area contributed by atoms with E-state index in [1.807, 2.05) is 0 Å². The molecule has 0 aliphatic carbocycles. The van der Waals surface area contributed by atoms with E-state index in [1.54, 1.807) is 0 Å². The highest BCUT2D eigenvalue weighted by Gasteiger charge is 2.28. The molecule has 0 aromatic rings. The zero-order valence-corrected chi connectivity index (χ0v) is 15.6. The maximum atomic E-state index is 11.7. The lowest BCUT2D eigenvalue weighted by molar-refractivity contribution is -0.117. The second-order valence-corrected chi connectivity index (χ2v) is 9.47. The van der Waals surface area contributed by atoms with Crippen LogP contribution in [-0.4, -0.2) is 5.24 Å². The Kier molecular flexibility index (Phi) is 7.81. The van der Waals surface area contributed by atoms with Crippen molar-refractivity contribution < 1.29 is 4.79 Å². The van der Waals surface area contributed by atoms with Crippen LogP contribution < -0.4 is 0 Å². The van der Waals surface area contributed by atoms with Crippen molar-refractivity contribution in [2.24, 2.45) is 28.6 Å². The Bertz CT molecular complexity index is 296. The molecule has 0 heterocycles. The Morgan fingerprint density at radius 3 is 1.70 bits per heavy atom. The largest absolute Gasteiger partial charge is 0.281 e. The summed E-state index contributed by atoms with van der Waals surface area (Å²) in [6, 6.07) is 0. The molecule has 0 saturated heterocycles. The summed E-state index contributed by atoms with van der Waals surface area (Å²) in [7, 11) is 0. The van der Waals surface area contributed by atoms with Gasteiger partial charge in [0.15, 0.2) is 0 Å². The minimum absolute atomic E-state index is 0.0123. The summed E-state index contributed by atoms with van der Waals surface area (Å²) in [5, 5.41) is -0.148. The van der Waals surface area contributed by atoms with Crippen LogP contribution in [0, 0.1) is 28.6 Å². The van der Waals surface area contributed by atoms with Gasteiger partial charge < -0.3 is 0 Å². The van der Waals surface area contributed by atoms with Crippen LogP contribution in [-0.2, 0) is 4.79 Å². The van der Waals surface area contributed by atoms with Crippen LogP contribution in [0.4, 0.5) is 0 Å². The van der Waals surface area contributed by atoms with Crippen molar-refractivity contribution in [1.82, 2.24) is 0 Å². The van der Waals surface area contributed by atoms with Crippen molar-refractivity contribution in [3.63, 3.8) is 0 Å². The Hall–Kier alpha value is -0.0400. The summed E-state index contributed by atoms with van der Waals surface area (Å²) < 4.78 is 0. The fraction of sp³-hybridized carbons (Fsp3) is 0.944. The van der Waals surface area contributed by atoms with Crippen LogP contribution in [0.3, 0.4) is 0 Å². The van der Waals surface area contributed by atoms with Crippen molar-refractivity contribution in [3.8, 4) is 0 Å². The molecule has 3 unspecified atom stereocenters. The lowest BCUT2D eigenvalue weighted by Gasteiger charge is -2.29. The molecule has 0 spiro atoms. The first-order chi connectivity index (χ1) is 8.82. The minimum atomic E-state index is -0.148. The third-order valence-corrected chi connectivity index (χ3v) is 4.12. The first kappa shape index (κ1) is 20.0. The van der Waals surface area contributed by atoms with Crippen molar-refractivity contribution in [1.29, 1.82) is 0 Å². The predicted octanol–water partition coefficient (Wildman–Crippen LogP) is 6.29. The number of carbonyl (C=O) groups is 1. The maximum Gasteiger partial charge on any atom is 0.224 e. The van der Waals surface area contributed by atoms with Gasteiger partial charge in [0.1, 0.15) is 0 Å². The fourth-order valence-electron chi connectivity index (χ4n) is 3.34. The van der Waals surface area contributed by atoms with E-state index in [1.165, 1.54) is 6.42 Å². The van der Waals surface area contributed by atoms with E-state index in [0.717, 1.165) is 19.3 Å². The second kappa shape index (κ2) is 7.82. The van der Waals surface area contributed by atoms with E-state index in [2.05, 4.69) is 55.4 Å². The molecule has 0 aromatic heterocycles. The van der Waals surface area contributed by atoms with Gasteiger partial charge >= 0.3 is 0 Å². The van der Waals surface area contributed by atoms with Gasteiger partial charge in [-0.25, -0.2) is 0 Å². The second-order valence-electron chi connectivity index (χ2n) is 9.10. The summed E-state index contributed by atoms with van der Waals surface area (Å²) in [6.07, 6.45) is 4.26. The number of rotatable bonds is 7. The molecule has 0 amide bonds. The van der Waals surface area contributed by atoms with Crippen LogP contribution in [0.5, 0.6) is 0 Å². The molecule has 120 valence electrons. The van der Waals surface area contributed by atoms with Gasteiger partial charge in [0.05, 0.1) is 0 Å². The van der Waals surface area contributed by atoms with Gasteiger partial charge in [-0.3, -0.25) is 4.79 Å². The average molecular weight is 303 g/mol. The van der Waals surface area contributed by atoms with Crippen molar-refractivity contribution in [2.75, 3.05) is 0 Å². The number of carbonyl (C=O) groups excluding carboxylic acids is 1. The highest BCUT2D eigenvalue weighted by molar-refractivity contribution is 6.64. The van der Waals surface area contributed by atoms with Crippen molar-refractivity contribution in [3.05, 3.63) is 0 Å². The molecule has 0 radical (unpaired) electrons. The van der Waals surface area contributed by atoms with Gasteiger partial charge in [0.2, 0.25) is 5.24 Å². The minimum Gasteiger partial charge on any atom is -0.281 e. The van der Waals surface area contributed by atoms with Crippen LogP contribution in [0.15, 0.2) is 0 Å². The van der Waals surface area contributed by atoms with E-state index in [9.17, 15) is 4.79 Å². The first-order valence-corrected chi connectivity index (χ1v) is 8.39. The van der Waals surface area contributed by atoms with Gasteiger partial charge in [-0.05, 0) is 60.0 Å². The van der Waals surface area contributed by atoms with E-state index >= 15 is 0 Å². The van der Waals surface area contributed by atoms with Crippen LogP contribution in [0.1, 0.15) is 81.1 Å². The Balaban J connectivity index is 4.46. The lowest BCUT2D eigenvalue weighted by atomic mass is 9.76. The van der Waals surface area contributed by atoms with Gasteiger partial charge in [0.25, 0.3) is 0 Å². The summed E-state index contributed by atoms with van der Waals surface area (Å²) in [6.45, 7) is 18.0. The normalized spacial score (nSPS) is 17.6. The topological polar surface area (TPSA) is 17.1 Å². The first-order valence-electron chi connectivity index (χ1n) is 8.01. The predicted molar refractivity (Wildman–Crippen MR) is 90.1 cm³/mol. The molecule has 1 nitrogen and oxygen atoms in total. The zero-order chi connectivity index (χ0) is 16.1. The number of halogens is 1. The zero-order valence-electron chi connectivity index (χ0n) is 14.8. The molecule has 0 rings (SSSR count). The quantitative estimate of drug-likeness (QED) is 0.505. The Morgan fingerprint density at radius 1 is 0.900 bits per heavy atom. The molecule has 3 atom stereocenters. The Morgan fingerprint density at radius 2 is 1.35 bits per heavy atom. The number of hydrogen-bond donors (Lipinski definition) is 0. The van der Waals surface area contributed by atoms with E-state index in [-0.39, 0.29) is 16.6 Å². The van der Waals surface area contributed by atoms with Crippen LogP contribution in [0.25, 0.3) is 0 Å². The summed E-state index contributed by atoms with van der Waals surface area (Å²) >= 11 is 5.85. The molecule has 0 saturated carbocycles. The van der Waals surface area contributed by atoms with E-state index in [4.69, 9.17) is 11.6 Å². The van der Waals surface area contributed by atoms with Crippen molar-refractivity contribution >= 4 is 16.8 Å². The molecule has 0 N–H and O–H groups in total. The SMILES string of the molecule is CC(CCC(C(=O)Cl)C(C)CC(C)(C)C)CC(C)(C)C. The van der Waals surface area contributed by atoms with Crippen molar-refractivity contribution in [2.45, 2.75) is 81.1 Å². The lowest BCUT2D eigenvalue weighted by Crippen LogP contribution is -2.24. The molecular weight excluding hydrogens is 268 g/mol. The average Bonchev–Trinajstić information content (AvgIpc) is 2.10. The van der Waals surface area contributed by atoms with Gasteiger partial charge in [0, 0.05) is 5.92 Å². The highest BCUT2D eigenvalue weighted by atomic mass is 35.5. The molecule has 0 aliphatic heterocycles. The third kappa shape index (κ3) is 9.80. The summed E-state index contributed by atoms with van der Waals surface area (Å²) in [5.41, 5.74) is 0.609. The van der Waals surface area contributed by atoms with Crippen LogP contribution in [0.2, 0.25) is 0 Å². The standard InChI is InChI=1S/C18H35ClO/c1-13(11-17(3,4)5)9-10-15(16(19)20)14(2)12-18(6,7)8/h13-15H,9-12H2,1-8H3. The van der Waals surface area contributed by atoms with E-state index in [0.29, 0.717) is 17.3 Å². The van der Waals surface area contributed by atoms with Gasteiger partial charge in [-0.1, -0.05) is 55.4 Å². The molecule has 0 aliphatic rings.